The fourth-order valence-corrected chi connectivity index (χ4v) is 1.15. The maximum absolute atomic E-state index is 11.3. The number of carbonyl (C=O) groups excluding carboxylic acids is 1. The number of ether oxygens (including phenoxy) is 2. The number of aliphatic hydroxyl groups is 2. The Kier molecular flexibility index (Phi) is 8.21. The van der Waals surface area contributed by atoms with Crippen molar-refractivity contribution in [2.45, 2.75) is 38.9 Å². The number of esters is 1. The molecule has 0 heterocycles. The van der Waals surface area contributed by atoms with Crippen LogP contribution in [0, 0.1) is 0 Å². The molecule has 0 aromatic heterocycles. The Labute approximate surface area is 141 Å². The second kappa shape index (κ2) is 8.88. The van der Waals surface area contributed by atoms with Crippen LogP contribution >= 0.6 is 0 Å². The molecule has 1 aromatic carbocycles. The van der Waals surface area contributed by atoms with Gasteiger partial charge in [0.15, 0.2) is 0 Å². The molecule has 0 saturated carbocycles. The van der Waals surface area contributed by atoms with Gasteiger partial charge in [-0.2, -0.15) is 0 Å². The van der Waals surface area contributed by atoms with Crippen molar-refractivity contribution in [2.75, 3.05) is 14.2 Å². The van der Waals surface area contributed by atoms with Gasteiger partial charge in [-0.15, -0.1) is 0 Å². The first-order valence-corrected chi connectivity index (χ1v) is 7.07. The number of carbonyl (C=O) groups is 1. The Balaban J connectivity index is 0.000000561. The first-order chi connectivity index (χ1) is 10.8. The predicted octanol–water partition coefficient (Wildman–Crippen LogP) is 0.358. The van der Waals surface area contributed by atoms with Crippen LogP contribution in [0.3, 0.4) is 0 Å². The highest BCUT2D eigenvalue weighted by atomic mass is 16.6. The third-order valence-electron chi connectivity index (χ3n) is 3.32. The van der Waals surface area contributed by atoms with E-state index in [2.05, 4.69) is 9.39 Å². The Bertz CT molecular complexity index is 519. The van der Waals surface area contributed by atoms with Gasteiger partial charge in [0.2, 0.25) is 0 Å². The Hall–Kier alpha value is -1.81. The highest BCUT2D eigenvalue weighted by molar-refractivity contribution is 6.33. The first kappa shape index (κ1) is 22.2. The minimum absolute atomic E-state index is 0.166. The minimum Gasteiger partial charge on any atom is -0.512 e. The van der Waals surface area contributed by atoms with E-state index in [9.17, 15) is 4.79 Å². The van der Waals surface area contributed by atoms with Gasteiger partial charge in [0.25, 0.3) is 0 Å². The lowest BCUT2D eigenvalue weighted by Crippen LogP contribution is -2.44. The topological polar surface area (TPSA) is 126 Å². The largest absolute Gasteiger partial charge is 0.707 e. The molecule has 8 nitrogen and oxygen atoms in total. The predicted molar refractivity (Wildman–Crippen MR) is 87.7 cm³/mol. The fourth-order valence-electron chi connectivity index (χ4n) is 1.15. The third-order valence-corrected chi connectivity index (χ3v) is 3.32. The van der Waals surface area contributed by atoms with Gasteiger partial charge < -0.3 is 34.4 Å². The zero-order valence-electron chi connectivity index (χ0n) is 14.7. The molecule has 0 amide bonds. The highest BCUT2D eigenvalue weighted by Gasteiger charge is 2.31. The molecular weight excluding hydrogens is 319 g/mol. The molecule has 0 radical (unpaired) electrons. The van der Waals surface area contributed by atoms with Gasteiger partial charge in [-0.05, 0) is 39.8 Å². The Morgan fingerprint density at radius 3 is 1.88 bits per heavy atom. The van der Waals surface area contributed by atoms with Crippen LogP contribution in [0.15, 0.2) is 18.2 Å². The second-order valence-corrected chi connectivity index (χ2v) is 5.92. The summed E-state index contributed by atoms with van der Waals surface area (Å²) < 4.78 is 14.1. The molecule has 136 valence electrons. The molecule has 4 N–H and O–H groups in total. The van der Waals surface area contributed by atoms with Crippen LogP contribution in [0.5, 0.6) is 11.5 Å². The summed E-state index contributed by atoms with van der Waals surface area (Å²) in [5.41, 5.74) is -1.79. The van der Waals surface area contributed by atoms with Crippen LogP contribution in [-0.2, 0) is 4.74 Å². The van der Waals surface area contributed by atoms with E-state index in [4.69, 9.17) is 25.0 Å². The molecule has 0 aliphatic rings. The summed E-state index contributed by atoms with van der Waals surface area (Å²) in [6, 6.07) is 4.16. The monoisotopic (exact) mass is 344 g/mol. The van der Waals surface area contributed by atoms with E-state index in [0.29, 0.717) is 0 Å². The molecule has 24 heavy (non-hydrogen) atoms. The van der Waals surface area contributed by atoms with Crippen molar-refractivity contribution >= 4 is 13.3 Å². The maximum atomic E-state index is 11.3. The van der Waals surface area contributed by atoms with Gasteiger partial charge in [0, 0.05) is 6.07 Å². The van der Waals surface area contributed by atoms with E-state index in [1.807, 2.05) is 0 Å². The van der Waals surface area contributed by atoms with E-state index < -0.39 is 24.5 Å². The number of benzene rings is 1. The summed E-state index contributed by atoms with van der Waals surface area (Å²) in [5.74, 6) is -0.155. The van der Waals surface area contributed by atoms with Gasteiger partial charge >= 0.3 is 13.3 Å². The van der Waals surface area contributed by atoms with Crippen LogP contribution in [-0.4, -0.2) is 59.0 Å². The molecule has 0 fully saturated rings. The van der Waals surface area contributed by atoms with Crippen molar-refractivity contribution in [1.82, 2.24) is 0 Å². The Morgan fingerprint density at radius 1 is 1.04 bits per heavy atom. The van der Waals surface area contributed by atoms with Gasteiger partial charge in [-0.1, -0.05) is 0 Å². The SMILES string of the molecule is CC(C)(O)C(C)(C)O.COC(=O)c1ccc(OB(O)O)cc1OC. The highest BCUT2D eigenvalue weighted by Crippen LogP contribution is 2.25. The maximum Gasteiger partial charge on any atom is 0.707 e. The smallest absolute Gasteiger partial charge is 0.512 e. The van der Waals surface area contributed by atoms with E-state index in [1.165, 1.54) is 32.4 Å². The van der Waals surface area contributed by atoms with Crippen molar-refractivity contribution in [1.29, 1.82) is 0 Å². The van der Waals surface area contributed by atoms with Crippen molar-refractivity contribution < 1.29 is 39.2 Å². The van der Waals surface area contributed by atoms with Gasteiger partial charge in [-0.25, -0.2) is 4.79 Å². The lowest BCUT2D eigenvalue weighted by Gasteiger charge is -2.31. The van der Waals surface area contributed by atoms with Crippen LogP contribution in [0.2, 0.25) is 0 Å². The summed E-state index contributed by atoms with van der Waals surface area (Å²) in [6.07, 6.45) is 0. The standard InChI is InChI=1S/C9H11BO6.C6H14O2/c1-14-8-5-6(16-10(12)13)3-4-7(8)9(11)15-2;1-5(2,7)6(3,4)8/h3-5,12-13H,1-2H3;7-8H,1-4H3. The summed E-state index contributed by atoms with van der Waals surface area (Å²) in [7, 11) is 0.707. The van der Waals surface area contributed by atoms with E-state index in [-0.39, 0.29) is 17.1 Å². The summed E-state index contributed by atoms with van der Waals surface area (Å²) in [5, 5.41) is 35.4. The van der Waals surface area contributed by atoms with Crippen molar-refractivity contribution in [2.24, 2.45) is 0 Å². The van der Waals surface area contributed by atoms with Crippen LogP contribution < -0.4 is 9.39 Å². The third kappa shape index (κ3) is 7.18. The quantitative estimate of drug-likeness (QED) is 0.446. The molecule has 0 spiro atoms. The average Bonchev–Trinajstić information content (AvgIpc) is 2.44. The van der Waals surface area contributed by atoms with Gasteiger partial charge in [0.1, 0.15) is 17.1 Å². The van der Waals surface area contributed by atoms with E-state index in [1.54, 1.807) is 27.7 Å². The van der Waals surface area contributed by atoms with Crippen LogP contribution in [0.25, 0.3) is 0 Å². The first-order valence-electron chi connectivity index (χ1n) is 7.07. The normalized spacial score (nSPS) is 11.1. The molecule has 0 aliphatic heterocycles. The molecule has 1 rings (SSSR count). The lowest BCUT2D eigenvalue weighted by molar-refractivity contribution is -0.107. The molecule has 9 heteroatoms. The average molecular weight is 344 g/mol. The van der Waals surface area contributed by atoms with Crippen molar-refractivity contribution in [3.05, 3.63) is 23.8 Å². The summed E-state index contributed by atoms with van der Waals surface area (Å²) in [6.45, 7) is 6.31. The number of hydrogen-bond acceptors (Lipinski definition) is 8. The summed E-state index contributed by atoms with van der Waals surface area (Å²) >= 11 is 0. The van der Waals surface area contributed by atoms with Crippen LogP contribution in [0.4, 0.5) is 0 Å². The van der Waals surface area contributed by atoms with E-state index >= 15 is 0 Å². The molecule has 0 bridgehead atoms. The van der Waals surface area contributed by atoms with Crippen LogP contribution in [0.1, 0.15) is 38.1 Å². The number of hydrogen-bond donors (Lipinski definition) is 4. The van der Waals surface area contributed by atoms with Crippen molar-refractivity contribution in [3.63, 3.8) is 0 Å². The summed E-state index contributed by atoms with van der Waals surface area (Å²) in [4.78, 5) is 11.3. The molecule has 0 atom stereocenters. The number of rotatable bonds is 5. The molecule has 0 aliphatic carbocycles. The molecule has 0 saturated heterocycles. The van der Waals surface area contributed by atoms with E-state index in [0.717, 1.165) is 0 Å². The number of methoxy groups -OCH3 is 2. The Morgan fingerprint density at radius 2 is 1.54 bits per heavy atom. The van der Waals surface area contributed by atoms with Gasteiger partial charge in [-0.3, -0.25) is 0 Å². The zero-order chi connectivity index (χ0) is 19.1. The van der Waals surface area contributed by atoms with Gasteiger partial charge in [0.05, 0.1) is 25.4 Å². The molecule has 1 aromatic rings. The fraction of sp³-hybridized carbons (Fsp3) is 0.533. The molecular formula is C15H25BO8. The van der Waals surface area contributed by atoms with Crippen molar-refractivity contribution in [3.8, 4) is 11.5 Å². The zero-order valence-corrected chi connectivity index (χ0v) is 14.7. The second-order valence-electron chi connectivity index (χ2n) is 5.92. The molecule has 0 unspecified atom stereocenters. The lowest BCUT2D eigenvalue weighted by atomic mass is 9.90. The minimum atomic E-state index is -1.92.